The third kappa shape index (κ3) is 2.07. The minimum absolute atomic E-state index is 0.160. The fraction of sp³-hybridized carbons (Fsp3) is 0.182. The van der Waals surface area contributed by atoms with Gasteiger partial charge in [-0.15, -0.1) is 11.6 Å². The number of aliphatic hydroxyl groups excluding tert-OH is 1. The summed E-state index contributed by atoms with van der Waals surface area (Å²) < 4.78 is 4.78. The van der Waals surface area contributed by atoms with Crippen molar-refractivity contribution in [3.63, 3.8) is 0 Å². The number of aromatic nitrogens is 1. The molecule has 1 unspecified atom stereocenters. The highest BCUT2D eigenvalue weighted by molar-refractivity contribution is 6.33. The topological polar surface area (TPSA) is 46.3 Å². The predicted molar refractivity (Wildman–Crippen MR) is 61.6 cm³/mol. The van der Waals surface area contributed by atoms with Crippen LogP contribution in [0.2, 0.25) is 5.02 Å². The molecule has 1 N–H and O–H groups in total. The summed E-state index contributed by atoms with van der Waals surface area (Å²) in [5.74, 6) is 0. The largest absolute Gasteiger partial charge is 0.391 e. The molecule has 0 radical (unpaired) electrons. The third-order valence-corrected chi connectivity index (χ3v) is 3.05. The van der Waals surface area contributed by atoms with Gasteiger partial charge >= 0.3 is 0 Å². The number of halogens is 2. The number of alkyl halides is 1. The van der Waals surface area contributed by atoms with Gasteiger partial charge < -0.3 is 9.63 Å². The van der Waals surface area contributed by atoms with Gasteiger partial charge in [-0.1, -0.05) is 35.0 Å². The van der Waals surface area contributed by atoms with Crippen molar-refractivity contribution in [2.75, 3.05) is 0 Å². The van der Waals surface area contributed by atoms with E-state index in [0.717, 1.165) is 5.56 Å². The van der Waals surface area contributed by atoms with Crippen molar-refractivity contribution >= 4 is 23.2 Å². The van der Waals surface area contributed by atoms with Crippen LogP contribution in [0.25, 0.3) is 0 Å². The molecule has 1 aromatic heterocycles. The maximum atomic E-state index is 9.08. The van der Waals surface area contributed by atoms with Crippen LogP contribution in [0.15, 0.2) is 35.1 Å². The van der Waals surface area contributed by atoms with Gasteiger partial charge in [0.15, 0.2) is 0 Å². The number of aliphatic hydroxyl groups is 1. The summed E-state index contributed by atoms with van der Waals surface area (Å²) in [6.45, 7) is -0.160. The van der Waals surface area contributed by atoms with Gasteiger partial charge in [0.25, 0.3) is 0 Å². The normalized spacial score (nSPS) is 12.7. The molecular formula is C11H9Cl2NO2. The molecule has 3 nitrogen and oxygen atoms in total. The Labute approximate surface area is 103 Å². The minimum Gasteiger partial charge on any atom is -0.391 e. The van der Waals surface area contributed by atoms with Crippen LogP contribution in [-0.2, 0) is 6.61 Å². The summed E-state index contributed by atoms with van der Waals surface area (Å²) in [5.41, 5.74) is 1.81. The highest BCUT2D eigenvalue weighted by Crippen LogP contribution is 2.34. The van der Waals surface area contributed by atoms with Gasteiger partial charge in [-0.25, -0.2) is 0 Å². The minimum atomic E-state index is -0.519. The first-order chi connectivity index (χ1) is 7.74. The van der Waals surface area contributed by atoms with Crippen LogP contribution in [-0.4, -0.2) is 10.3 Å². The molecule has 2 aromatic rings. The van der Waals surface area contributed by atoms with Crippen molar-refractivity contribution in [1.29, 1.82) is 0 Å². The Morgan fingerprint density at radius 1 is 1.38 bits per heavy atom. The Bertz CT molecular complexity index is 484. The van der Waals surface area contributed by atoms with Crippen molar-refractivity contribution in [1.82, 2.24) is 5.16 Å². The van der Waals surface area contributed by atoms with E-state index in [1.807, 2.05) is 18.2 Å². The Morgan fingerprint density at radius 2 is 2.12 bits per heavy atom. The van der Waals surface area contributed by atoms with E-state index in [1.54, 1.807) is 6.07 Å². The summed E-state index contributed by atoms with van der Waals surface area (Å²) in [4.78, 5) is 0. The molecule has 0 saturated heterocycles. The number of hydrogen-bond acceptors (Lipinski definition) is 3. The van der Waals surface area contributed by atoms with Crippen molar-refractivity contribution in [2.45, 2.75) is 12.0 Å². The molecule has 1 atom stereocenters. The summed E-state index contributed by atoms with van der Waals surface area (Å²) in [5, 5.41) is 12.9. The van der Waals surface area contributed by atoms with E-state index in [2.05, 4.69) is 5.16 Å². The fourth-order valence-corrected chi connectivity index (χ4v) is 2.09. The molecule has 0 aliphatic carbocycles. The van der Waals surface area contributed by atoms with Gasteiger partial charge in [-0.3, -0.25) is 0 Å². The average molecular weight is 258 g/mol. The molecule has 0 bridgehead atoms. The molecule has 0 aliphatic heterocycles. The molecular weight excluding hydrogens is 249 g/mol. The van der Waals surface area contributed by atoms with E-state index in [0.29, 0.717) is 16.3 Å². The maximum Gasteiger partial charge on any atom is 0.129 e. The van der Waals surface area contributed by atoms with Crippen LogP contribution in [0, 0.1) is 0 Å². The molecule has 84 valence electrons. The smallest absolute Gasteiger partial charge is 0.129 e. The molecule has 0 fully saturated rings. The number of hydrogen-bond donors (Lipinski definition) is 1. The fourth-order valence-electron chi connectivity index (χ4n) is 1.42. The van der Waals surface area contributed by atoms with E-state index in [9.17, 15) is 0 Å². The van der Waals surface area contributed by atoms with Gasteiger partial charge in [0, 0.05) is 10.6 Å². The zero-order valence-corrected chi connectivity index (χ0v) is 9.74. The van der Waals surface area contributed by atoms with Crippen molar-refractivity contribution < 1.29 is 9.63 Å². The van der Waals surface area contributed by atoms with Gasteiger partial charge in [-0.2, -0.15) is 0 Å². The third-order valence-electron chi connectivity index (χ3n) is 2.26. The van der Waals surface area contributed by atoms with Crippen molar-refractivity contribution in [2.24, 2.45) is 0 Å². The Balaban J connectivity index is 2.39. The van der Waals surface area contributed by atoms with E-state index in [4.69, 9.17) is 32.8 Å². The van der Waals surface area contributed by atoms with E-state index < -0.39 is 5.38 Å². The molecule has 0 saturated carbocycles. The first kappa shape index (κ1) is 11.5. The van der Waals surface area contributed by atoms with Crippen LogP contribution < -0.4 is 0 Å². The molecule has 5 heteroatoms. The first-order valence-electron chi connectivity index (χ1n) is 4.66. The molecule has 1 heterocycles. The zero-order chi connectivity index (χ0) is 11.5. The van der Waals surface area contributed by atoms with Crippen LogP contribution in [0.1, 0.15) is 22.2 Å². The molecule has 2 rings (SSSR count). The highest BCUT2D eigenvalue weighted by atomic mass is 35.5. The molecule has 0 amide bonds. The number of nitrogens with zero attached hydrogens (tertiary/aromatic N) is 1. The van der Waals surface area contributed by atoms with Gasteiger partial charge in [0.1, 0.15) is 17.3 Å². The lowest BCUT2D eigenvalue weighted by molar-refractivity contribution is 0.279. The van der Waals surface area contributed by atoms with Crippen molar-refractivity contribution in [3.8, 4) is 0 Å². The van der Waals surface area contributed by atoms with Gasteiger partial charge in [-0.05, 0) is 11.6 Å². The van der Waals surface area contributed by atoms with E-state index in [-0.39, 0.29) is 6.61 Å². The lowest BCUT2D eigenvalue weighted by atomic mass is 10.1. The Hall–Kier alpha value is -1.03. The molecule has 0 spiro atoms. The van der Waals surface area contributed by atoms with Gasteiger partial charge in [0.05, 0.1) is 6.61 Å². The second-order valence-corrected chi connectivity index (χ2v) is 4.11. The summed E-state index contributed by atoms with van der Waals surface area (Å²) in [7, 11) is 0. The first-order valence-corrected chi connectivity index (χ1v) is 5.48. The van der Waals surface area contributed by atoms with Crippen LogP contribution in [0.3, 0.4) is 0 Å². The number of benzene rings is 1. The summed E-state index contributed by atoms with van der Waals surface area (Å²) >= 11 is 12.3. The summed E-state index contributed by atoms with van der Waals surface area (Å²) in [6, 6.07) is 7.24. The maximum absolute atomic E-state index is 9.08. The van der Waals surface area contributed by atoms with Crippen LogP contribution in [0.4, 0.5) is 0 Å². The average Bonchev–Trinajstić information content (AvgIpc) is 2.77. The van der Waals surface area contributed by atoms with E-state index >= 15 is 0 Å². The predicted octanol–water partition coefficient (Wildman–Crippen LogP) is 3.15. The Morgan fingerprint density at radius 3 is 2.81 bits per heavy atom. The highest BCUT2D eigenvalue weighted by Gasteiger charge is 2.20. The van der Waals surface area contributed by atoms with E-state index in [1.165, 1.54) is 6.26 Å². The van der Waals surface area contributed by atoms with Gasteiger partial charge in [0.2, 0.25) is 0 Å². The van der Waals surface area contributed by atoms with Crippen LogP contribution >= 0.6 is 23.2 Å². The monoisotopic (exact) mass is 257 g/mol. The van der Waals surface area contributed by atoms with Crippen LogP contribution in [0.5, 0.6) is 0 Å². The SMILES string of the molecule is OCc1conc1C(Cl)c1ccccc1Cl. The molecule has 0 aliphatic rings. The molecule has 1 aromatic carbocycles. The second kappa shape index (κ2) is 4.87. The quantitative estimate of drug-likeness (QED) is 0.860. The zero-order valence-electron chi connectivity index (χ0n) is 8.23. The lowest BCUT2D eigenvalue weighted by Gasteiger charge is -2.09. The van der Waals surface area contributed by atoms with Crippen molar-refractivity contribution in [3.05, 3.63) is 52.4 Å². The molecule has 16 heavy (non-hydrogen) atoms. The summed E-state index contributed by atoms with van der Waals surface area (Å²) in [6.07, 6.45) is 1.38. The second-order valence-electron chi connectivity index (χ2n) is 3.27. The standard InChI is InChI=1S/C11H9Cl2NO2/c12-9-4-2-1-3-8(9)10(13)11-7(5-15)6-16-14-11/h1-4,6,10,15H,5H2. The lowest BCUT2D eigenvalue weighted by Crippen LogP contribution is -1.98. The number of rotatable bonds is 3. The Kier molecular flexibility index (Phi) is 3.49.